The van der Waals surface area contributed by atoms with Crippen molar-refractivity contribution < 1.29 is 14.3 Å². The van der Waals surface area contributed by atoms with Gasteiger partial charge in [0.25, 0.3) is 0 Å². The van der Waals surface area contributed by atoms with E-state index in [1.165, 1.54) is 5.56 Å². The van der Waals surface area contributed by atoms with E-state index in [-0.39, 0.29) is 11.4 Å². The first-order valence-corrected chi connectivity index (χ1v) is 6.65. The summed E-state index contributed by atoms with van der Waals surface area (Å²) in [7, 11) is 0. The third-order valence-electron chi connectivity index (χ3n) is 3.13. The molecule has 0 amide bonds. The highest BCUT2D eigenvalue weighted by atomic mass is 16.6. The van der Waals surface area contributed by atoms with Gasteiger partial charge in [-0.15, -0.1) is 0 Å². The fourth-order valence-electron chi connectivity index (χ4n) is 2.22. The lowest BCUT2D eigenvalue weighted by Gasteiger charge is -2.20. The maximum atomic E-state index is 11.8. The average Bonchev–Trinajstić information content (AvgIpc) is 2.52. The SMILES string of the molecule is CC(C)(C)OC(=O)Cc1ccc2c(c1)C(C)(C)CO2. The van der Waals surface area contributed by atoms with E-state index < -0.39 is 5.60 Å². The van der Waals surface area contributed by atoms with E-state index >= 15 is 0 Å². The monoisotopic (exact) mass is 262 g/mol. The number of esters is 1. The molecule has 3 heteroatoms. The van der Waals surface area contributed by atoms with Crippen LogP contribution in [0.15, 0.2) is 18.2 Å². The highest BCUT2D eigenvalue weighted by molar-refractivity contribution is 5.73. The van der Waals surface area contributed by atoms with Crippen molar-refractivity contribution in [1.82, 2.24) is 0 Å². The van der Waals surface area contributed by atoms with Gasteiger partial charge < -0.3 is 9.47 Å². The van der Waals surface area contributed by atoms with Gasteiger partial charge in [0.2, 0.25) is 0 Å². The Kier molecular flexibility index (Phi) is 3.33. The lowest BCUT2D eigenvalue weighted by Crippen LogP contribution is -2.25. The summed E-state index contributed by atoms with van der Waals surface area (Å²) in [6.07, 6.45) is 0.306. The topological polar surface area (TPSA) is 35.5 Å². The second kappa shape index (κ2) is 4.55. The smallest absolute Gasteiger partial charge is 0.310 e. The molecule has 0 aromatic heterocycles. The van der Waals surface area contributed by atoms with E-state index in [1.54, 1.807) is 0 Å². The number of rotatable bonds is 2. The largest absolute Gasteiger partial charge is 0.492 e. The molecular formula is C16H22O3. The molecule has 0 N–H and O–H groups in total. The highest BCUT2D eigenvalue weighted by Gasteiger charge is 2.32. The van der Waals surface area contributed by atoms with E-state index in [9.17, 15) is 4.79 Å². The lowest BCUT2D eigenvalue weighted by molar-refractivity contribution is -0.153. The number of ether oxygens (including phenoxy) is 2. The maximum Gasteiger partial charge on any atom is 0.310 e. The molecule has 0 spiro atoms. The Balaban J connectivity index is 2.13. The molecule has 0 fully saturated rings. The molecular weight excluding hydrogens is 240 g/mol. The predicted molar refractivity (Wildman–Crippen MR) is 74.5 cm³/mol. The summed E-state index contributed by atoms with van der Waals surface area (Å²) in [5.41, 5.74) is 1.73. The van der Waals surface area contributed by atoms with E-state index in [4.69, 9.17) is 9.47 Å². The van der Waals surface area contributed by atoms with Gasteiger partial charge in [-0.1, -0.05) is 26.0 Å². The van der Waals surface area contributed by atoms with Crippen LogP contribution in [0.2, 0.25) is 0 Å². The molecule has 1 aliphatic heterocycles. The van der Waals surface area contributed by atoms with Gasteiger partial charge in [0, 0.05) is 11.0 Å². The van der Waals surface area contributed by atoms with Crippen molar-refractivity contribution in [2.45, 2.75) is 52.1 Å². The minimum atomic E-state index is -0.434. The minimum absolute atomic E-state index is 0.0132. The fourth-order valence-corrected chi connectivity index (χ4v) is 2.22. The van der Waals surface area contributed by atoms with Crippen LogP contribution < -0.4 is 4.74 Å². The van der Waals surface area contributed by atoms with Crippen LogP contribution in [-0.4, -0.2) is 18.2 Å². The van der Waals surface area contributed by atoms with Gasteiger partial charge in [0.15, 0.2) is 0 Å². The molecule has 3 nitrogen and oxygen atoms in total. The van der Waals surface area contributed by atoms with Crippen molar-refractivity contribution in [1.29, 1.82) is 0 Å². The van der Waals surface area contributed by atoms with Gasteiger partial charge in [-0.2, -0.15) is 0 Å². The predicted octanol–water partition coefficient (Wildman–Crippen LogP) is 3.24. The molecule has 0 radical (unpaired) electrons. The van der Waals surface area contributed by atoms with Gasteiger partial charge >= 0.3 is 5.97 Å². The maximum absolute atomic E-state index is 11.8. The first kappa shape index (κ1) is 13.9. The van der Waals surface area contributed by atoms with Crippen molar-refractivity contribution in [3.63, 3.8) is 0 Å². The van der Waals surface area contributed by atoms with Crippen molar-refractivity contribution >= 4 is 5.97 Å². The van der Waals surface area contributed by atoms with Crippen LogP contribution in [0.1, 0.15) is 45.7 Å². The third-order valence-corrected chi connectivity index (χ3v) is 3.13. The molecule has 19 heavy (non-hydrogen) atoms. The molecule has 0 saturated heterocycles. The average molecular weight is 262 g/mol. The minimum Gasteiger partial charge on any atom is -0.492 e. The van der Waals surface area contributed by atoms with Crippen LogP contribution >= 0.6 is 0 Å². The first-order chi connectivity index (χ1) is 8.67. The summed E-state index contributed by atoms with van der Waals surface area (Å²) in [6.45, 7) is 10.6. The summed E-state index contributed by atoms with van der Waals surface area (Å²) in [5.74, 6) is 0.738. The number of fused-ring (bicyclic) bond motifs is 1. The van der Waals surface area contributed by atoms with Crippen LogP contribution in [-0.2, 0) is 21.4 Å². The van der Waals surface area contributed by atoms with Gasteiger partial charge in [-0.05, 0) is 32.4 Å². The lowest BCUT2D eigenvalue weighted by atomic mass is 9.86. The molecule has 2 rings (SSSR count). The van der Waals surface area contributed by atoms with Gasteiger partial charge in [0.1, 0.15) is 11.4 Å². The molecule has 1 heterocycles. The standard InChI is InChI=1S/C16H22O3/c1-15(2,3)19-14(17)9-11-6-7-13-12(8-11)16(4,5)10-18-13/h6-8H,9-10H2,1-5H3. The van der Waals surface area contributed by atoms with E-state index in [0.29, 0.717) is 13.0 Å². The van der Waals surface area contributed by atoms with E-state index in [0.717, 1.165) is 11.3 Å². The van der Waals surface area contributed by atoms with Crippen molar-refractivity contribution in [3.8, 4) is 5.75 Å². The second-order valence-corrected chi connectivity index (χ2v) is 6.77. The van der Waals surface area contributed by atoms with Crippen molar-refractivity contribution in [2.24, 2.45) is 0 Å². The summed E-state index contributed by atoms with van der Waals surface area (Å²) >= 11 is 0. The number of carbonyl (C=O) groups excluding carboxylic acids is 1. The Bertz CT molecular complexity index is 495. The molecule has 0 saturated carbocycles. The zero-order valence-corrected chi connectivity index (χ0v) is 12.4. The molecule has 0 bridgehead atoms. The Morgan fingerprint density at radius 2 is 2.05 bits per heavy atom. The van der Waals surface area contributed by atoms with Gasteiger partial charge in [0.05, 0.1) is 13.0 Å². The van der Waals surface area contributed by atoms with Crippen LogP contribution in [0, 0.1) is 0 Å². The van der Waals surface area contributed by atoms with Gasteiger partial charge in [-0.25, -0.2) is 0 Å². The summed E-state index contributed by atoms with van der Waals surface area (Å²) in [6, 6.07) is 5.94. The molecule has 1 aliphatic rings. The van der Waals surface area contributed by atoms with E-state index in [1.807, 2.05) is 32.9 Å². The Morgan fingerprint density at radius 1 is 1.37 bits per heavy atom. The first-order valence-electron chi connectivity index (χ1n) is 6.65. The van der Waals surface area contributed by atoms with Crippen LogP contribution in [0.4, 0.5) is 0 Å². The van der Waals surface area contributed by atoms with Crippen LogP contribution in [0.3, 0.4) is 0 Å². The van der Waals surface area contributed by atoms with Crippen molar-refractivity contribution in [3.05, 3.63) is 29.3 Å². The molecule has 0 aliphatic carbocycles. The zero-order valence-electron chi connectivity index (χ0n) is 12.4. The molecule has 0 unspecified atom stereocenters. The second-order valence-electron chi connectivity index (χ2n) is 6.77. The number of benzene rings is 1. The van der Waals surface area contributed by atoms with Gasteiger partial charge in [-0.3, -0.25) is 4.79 Å². The Hall–Kier alpha value is -1.51. The Morgan fingerprint density at radius 3 is 2.68 bits per heavy atom. The normalized spacial score (nSPS) is 16.7. The summed E-state index contributed by atoms with van der Waals surface area (Å²) in [4.78, 5) is 11.8. The Labute approximate surface area is 114 Å². The zero-order chi connectivity index (χ0) is 14.3. The van der Waals surface area contributed by atoms with Crippen LogP contribution in [0.5, 0.6) is 5.75 Å². The number of hydrogen-bond donors (Lipinski definition) is 0. The summed E-state index contributed by atoms with van der Waals surface area (Å²) < 4.78 is 11.0. The number of hydrogen-bond acceptors (Lipinski definition) is 3. The molecule has 104 valence electrons. The van der Waals surface area contributed by atoms with E-state index in [2.05, 4.69) is 19.9 Å². The van der Waals surface area contributed by atoms with Crippen molar-refractivity contribution in [2.75, 3.05) is 6.61 Å². The highest BCUT2D eigenvalue weighted by Crippen LogP contribution is 2.38. The number of carbonyl (C=O) groups is 1. The molecule has 0 atom stereocenters. The van der Waals surface area contributed by atoms with Crippen LogP contribution in [0.25, 0.3) is 0 Å². The quantitative estimate of drug-likeness (QED) is 0.768. The molecule has 1 aromatic rings. The summed E-state index contributed by atoms with van der Waals surface area (Å²) in [5, 5.41) is 0. The molecule has 1 aromatic carbocycles. The third kappa shape index (κ3) is 3.28. The fraction of sp³-hybridized carbons (Fsp3) is 0.562.